The second-order valence-electron chi connectivity index (χ2n) is 4.21. The number of aliphatic carboxylic acids is 1. The van der Waals surface area contributed by atoms with E-state index < -0.39 is 12.0 Å². The first-order chi connectivity index (χ1) is 8.09. The summed E-state index contributed by atoms with van der Waals surface area (Å²) in [6, 6.07) is -1.06. The maximum Gasteiger partial charge on any atom is 0.325 e. The zero-order valence-corrected chi connectivity index (χ0v) is 9.76. The quantitative estimate of drug-likeness (QED) is 0.792. The highest BCUT2D eigenvalue weighted by Crippen LogP contribution is 2.25. The van der Waals surface area contributed by atoms with Gasteiger partial charge in [0, 0.05) is 24.8 Å². The van der Waals surface area contributed by atoms with Crippen LogP contribution in [-0.4, -0.2) is 34.1 Å². The van der Waals surface area contributed by atoms with Gasteiger partial charge < -0.3 is 15.7 Å². The summed E-state index contributed by atoms with van der Waals surface area (Å²) in [5, 5.41) is 8.97. The lowest BCUT2D eigenvalue weighted by atomic mass is 10.1. The van der Waals surface area contributed by atoms with E-state index in [4.69, 9.17) is 10.8 Å². The maximum absolute atomic E-state index is 11.0. The minimum absolute atomic E-state index is 0.491. The number of carboxylic acid groups (broad SMARTS) is 1. The molecule has 0 aromatic carbocycles. The second-order valence-corrected chi connectivity index (χ2v) is 4.21. The standard InChI is InChI=1S/C11H16N4O2/c1-7-13-6-8(9(12)11(16)17)10(14-7)15-4-2-3-5-15/h6,9H,2-5,12H2,1H3,(H,16,17). The zero-order valence-electron chi connectivity index (χ0n) is 9.76. The fourth-order valence-electron chi connectivity index (χ4n) is 2.00. The molecule has 3 N–H and O–H groups in total. The Balaban J connectivity index is 2.39. The van der Waals surface area contributed by atoms with Crippen molar-refractivity contribution in [3.05, 3.63) is 17.6 Å². The highest BCUT2D eigenvalue weighted by Gasteiger charge is 2.24. The first-order valence-electron chi connectivity index (χ1n) is 5.66. The monoisotopic (exact) mass is 236 g/mol. The molecule has 1 aliphatic heterocycles. The van der Waals surface area contributed by atoms with Crippen LogP contribution in [0.15, 0.2) is 6.20 Å². The van der Waals surface area contributed by atoms with Gasteiger partial charge in [0.15, 0.2) is 0 Å². The van der Waals surface area contributed by atoms with Crippen LogP contribution in [0.5, 0.6) is 0 Å². The number of hydrogen-bond acceptors (Lipinski definition) is 5. The number of carbonyl (C=O) groups is 1. The van der Waals surface area contributed by atoms with Crippen molar-refractivity contribution in [1.29, 1.82) is 0 Å². The van der Waals surface area contributed by atoms with Crippen molar-refractivity contribution in [3.8, 4) is 0 Å². The summed E-state index contributed by atoms with van der Waals surface area (Å²) in [6.45, 7) is 3.58. The average molecular weight is 236 g/mol. The predicted octanol–water partition coefficient (Wildman–Crippen LogP) is 0.470. The summed E-state index contributed by atoms with van der Waals surface area (Å²) < 4.78 is 0. The fraction of sp³-hybridized carbons (Fsp3) is 0.545. The number of hydrogen-bond donors (Lipinski definition) is 2. The van der Waals surface area contributed by atoms with E-state index in [0.29, 0.717) is 17.2 Å². The summed E-state index contributed by atoms with van der Waals surface area (Å²) in [4.78, 5) is 21.4. The third kappa shape index (κ3) is 2.36. The van der Waals surface area contributed by atoms with Gasteiger partial charge in [-0.25, -0.2) is 9.97 Å². The fourth-order valence-corrected chi connectivity index (χ4v) is 2.00. The van der Waals surface area contributed by atoms with Crippen LogP contribution in [0.1, 0.15) is 30.3 Å². The lowest BCUT2D eigenvalue weighted by molar-refractivity contribution is -0.138. The predicted molar refractivity (Wildman–Crippen MR) is 62.8 cm³/mol. The topological polar surface area (TPSA) is 92.3 Å². The van der Waals surface area contributed by atoms with Gasteiger partial charge in [-0.2, -0.15) is 0 Å². The molecule has 2 heterocycles. The Morgan fingerprint density at radius 2 is 2.18 bits per heavy atom. The van der Waals surface area contributed by atoms with Crippen LogP contribution in [0.2, 0.25) is 0 Å². The largest absolute Gasteiger partial charge is 0.480 e. The van der Waals surface area contributed by atoms with Crippen molar-refractivity contribution in [3.63, 3.8) is 0 Å². The average Bonchev–Trinajstić information content (AvgIpc) is 2.81. The maximum atomic E-state index is 11.0. The summed E-state index contributed by atoms with van der Waals surface area (Å²) in [7, 11) is 0. The summed E-state index contributed by atoms with van der Waals surface area (Å²) in [5.41, 5.74) is 6.14. The second kappa shape index (κ2) is 4.67. The molecule has 1 aromatic heterocycles. The Kier molecular flexibility index (Phi) is 3.23. The van der Waals surface area contributed by atoms with E-state index in [9.17, 15) is 4.79 Å². The van der Waals surface area contributed by atoms with E-state index in [2.05, 4.69) is 14.9 Å². The SMILES string of the molecule is Cc1ncc(C(N)C(=O)O)c(N2CCCC2)n1. The highest BCUT2D eigenvalue weighted by atomic mass is 16.4. The highest BCUT2D eigenvalue weighted by molar-refractivity contribution is 5.77. The van der Waals surface area contributed by atoms with Gasteiger partial charge in [0.25, 0.3) is 0 Å². The summed E-state index contributed by atoms with van der Waals surface area (Å²) >= 11 is 0. The van der Waals surface area contributed by atoms with Crippen molar-refractivity contribution >= 4 is 11.8 Å². The molecule has 6 heteroatoms. The molecule has 0 saturated carbocycles. The number of rotatable bonds is 3. The molecule has 0 aliphatic carbocycles. The molecule has 0 spiro atoms. The van der Waals surface area contributed by atoms with Crippen molar-refractivity contribution in [2.75, 3.05) is 18.0 Å². The number of aryl methyl sites for hydroxylation is 1. The van der Waals surface area contributed by atoms with E-state index in [1.807, 2.05) is 0 Å². The first kappa shape index (κ1) is 11.8. The summed E-state index contributed by atoms with van der Waals surface area (Å²) in [6.07, 6.45) is 3.73. The van der Waals surface area contributed by atoms with Gasteiger partial charge in [-0.05, 0) is 19.8 Å². The Morgan fingerprint density at radius 3 is 2.76 bits per heavy atom. The normalized spacial score (nSPS) is 17.2. The van der Waals surface area contributed by atoms with Crippen molar-refractivity contribution < 1.29 is 9.90 Å². The number of carboxylic acids is 1. The number of nitrogens with zero attached hydrogens (tertiary/aromatic N) is 3. The molecule has 1 aromatic rings. The molecule has 92 valence electrons. The molecule has 17 heavy (non-hydrogen) atoms. The minimum Gasteiger partial charge on any atom is -0.480 e. The van der Waals surface area contributed by atoms with Crippen molar-refractivity contribution in [2.24, 2.45) is 5.73 Å². The van der Waals surface area contributed by atoms with Crippen LogP contribution in [0, 0.1) is 6.92 Å². The van der Waals surface area contributed by atoms with E-state index >= 15 is 0 Å². The zero-order chi connectivity index (χ0) is 12.4. The van der Waals surface area contributed by atoms with Gasteiger partial charge in [0.2, 0.25) is 0 Å². The molecular weight excluding hydrogens is 220 g/mol. The molecule has 0 amide bonds. The Morgan fingerprint density at radius 1 is 1.53 bits per heavy atom. The molecule has 1 unspecified atom stereocenters. The van der Waals surface area contributed by atoms with Gasteiger partial charge in [0.05, 0.1) is 0 Å². The molecule has 1 saturated heterocycles. The van der Waals surface area contributed by atoms with Gasteiger partial charge in [0.1, 0.15) is 17.7 Å². The third-order valence-electron chi connectivity index (χ3n) is 2.92. The third-order valence-corrected chi connectivity index (χ3v) is 2.92. The summed E-state index contributed by atoms with van der Waals surface area (Å²) in [5.74, 6) is 0.246. The smallest absolute Gasteiger partial charge is 0.325 e. The number of anilines is 1. The molecule has 0 radical (unpaired) electrons. The van der Waals surface area contributed by atoms with E-state index in [1.165, 1.54) is 6.20 Å². The lowest BCUT2D eigenvalue weighted by Gasteiger charge is -2.21. The van der Waals surface area contributed by atoms with Crippen LogP contribution in [-0.2, 0) is 4.79 Å². The van der Waals surface area contributed by atoms with Gasteiger partial charge >= 0.3 is 5.97 Å². The van der Waals surface area contributed by atoms with Crippen LogP contribution in [0.4, 0.5) is 5.82 Å². The Bertz CT molecular complexity index is 429. The van der Waals surface area contributed by atoms with Crippen LogP contribution < -0.4 is 10.6 Å². The minimum atomic E-state index is -1.06. The van der Waals surface area contributed by atoms with Gasteiger partial charge in [-0.15, -0.1) is 0 Å². The van der Waals surface area contributed by atoms with E-state index in [0.717, 1.165) is 25.9 Å². The van der Waals surface area contributed by atoms with E-state index in [1.54, 1.807) is 6.92 Å². The van der Waals surface area contributed by atoms with Crippen molar-refractivity contribution in [1.82, 2.24) is 9.97 Å². The lowest BCUT2D eigenvalue weighted by Crippen LogP contribution is -2.27. The molecule has 1 atom stereocenters. The molecule has 6 nitrogen and oxygen atoms in total. The molecular formula is C11H16N4O2. The number of nitrogens with two attached hydrogens (primary N) is 1. The van der Waals surface area contributed by atoms with Crippen LogP contribution in [0.3, 0.4) is 0 Å². The molecule has 2 rings (SSSR count). The van der Waals surface area contributed by atoms with Gasteiger partial charge in [-0.1, -0.05) is 0 Å². The van der Waals surface area contributed by atoms with Gasteiger partial charge in [-0.3, -0.25) is 4.79 Å². The van der Waals surface area contributed by atoms with Crippen LogP contribution in [0.25, 0.3) is 0 Å². The molecule has 1 aliphatic rings. The number of aromatic nitrogens is 2. The molecule has 0 bridgehead atoms. The first-order valence-corrected chi connectivity index (χ1v) is 5.66. The molecule has 1 fully saturated rings. The van der Waals surface area contributed by atoms with E-state index in [-0.39, 0.29) is 0 Å². The Labute approximate surface area is 99.5 Å². The van der Waals surface area contributed by atoms with Crippen molar-refractivity contribution in [2.45, 2.75) is 25.8 Å². The van der Waals surface area contributed by atoms with Crippen LogP contribution >= 0.6 is 0 Å². The Hall–Kier alpha value is -1.69.